The van der Waals surface area contributed by atoms with Crippen molar-refractivity contribution < 1.29 is 0 Å². The molecule has 2 aromatic rings. The summed E-state index contributed by atoms with van der Waals surface area (Å²) in [5.41, 5.74) is 2.55. The van der Waals surface area contributed by atoms with E-state index in [-0.39, 0.29) is 0 Å². The van der Waals surface area contributed by atoms with Crippen molar-refractivity contribution in [3.05, 3.63) is 52.4 Å². The molecular weight excluding hydrogens is 270 g/mol. The van der Waals surface area contributed by atoms with Crippen LogP contribution in [0, 0.1) is 6.92 Å². The molecular formula is C16H18ClN3. The smallest absolute Gasteiger partial charge is 0.135 e. The molecule has 0 amide bonds. The molecule has 0 spiro atoms. The third kappa shape index (κ3) is 3.10. The molecule has 1 heterocycles. The van der Waals surface area contributed by atoms with Gasteiger partial charge in [0.2, 0.25) is 0 Å². The largest absolute Gasteiger partial charge is 0.355 e. The number of aryl methyl sites for hydroxylation is 1. The average molecular weight is 288 g/mol. The van der Waals surface area contributed by atoms with Gasteiger partial charge in [-0.15, -0.1) is 0 Å². The quantitative estimate of drug-likeness (QED) is 0.797. The SMILES string of the molecule is Cc1cccc(CN(C)c2cc(Cl)nc(C3CC3)n2)c1. The normalized spacial score (nSPS) is 14.3. The average Bonchev–Trinajstić information content (AvgIpc) is 3.22. The van der Waals surface area contributed by atoms with Crippen molar-refractivity contribution in [3.8, 4) is 0 Å². The van der Waals surface area contributed by atoms with Crippen molar-refractivity contribution in [2.75, 3.05) is 11.9 Å². The predicted octanol–water partition coefficient (Wildman–Crippen LogP) is 3.95. The van der Waals surface area contributed by atoms with Crippen LogP contribution in [-0.4, -0.2) is 17.0 Å². The highest BCUT2D eigenvalue weighted by Gasteiger charge is 2.27. The molecule has 0 radical (unpaired) electrons. The van der Waals surface area contributed by atoms with Crippen molar-refractivity contribution >= 4 is 17.4 Å². The zero-order chi connectivity index (χ0) is 14.1. The van der Waals surface area contributed by atoms with Crippen LogP contribution >= 0.6 is 11.6 Å². The van der Waals surface area contributed by atoms with Gasteiger partial charge in [0.15, 0.2) is 0 Å². The van der Waals surface area contributed by atoms with E-state index in [9.17, 15) is 0 Å². The molecule has 3 rings (SSSR count). The molecule has 104 valence electrons. The Bertz CT molecular complexity index is 623. The maximum atomic E-state index is 6.12. The number of halogens is 1. The summed E-state index contributed by atoms with van der Waals surface area (Å²) in [4.78, 5) is 11.1. The standard InChI is InChI=1S/C16H18ClN3/c1-11-4-3-5-12(8-11)10-20(2)15-9-14(17)18-16(19-15)13-6-7-13/h3-5,8-9,13H,6-7,10H2,1-2H3. The molecule has 1 fully saturated rings. The van der Waals surface area contributed by atoms with Crippen LogP contribution in [-0.2, 0) is 6.54 Å². The van der Waals surface area contributed by atoms with Gasteiger partial charge in [-0.1, -0.05) is 41.4 Å². The lowest BCUT2D eigenvalue weighted by atomic mass is 10.1. The van der Waals surface area contributed by atoms with E-state index in [1.165, 1.54) is 24.0 Å². The maximum absolute atomic E-state index is 6.12. The Hall–Kier alpha value is -1.61. The molecule has 0 unspecified atom stereocenters. The molecule has 1 aliphatic carbocycles. The van der Waals surface area contributed by atoms with Crippen LogP contribution < -0.4 is 4.90 Å². The highest BCUT2D eigenvalue weighted by atomic mass is 35.5. The number of nitrogens with zero attached hydrogens (tertiary/aromatic N) is 3. The van der Waals surface area contributed by atoms with Gasteiger partial charge >= 0.3 is 0 Å². The van der Waals surface area contributed by atoms with E-state index in [1.54, 1.807) is 0 Å². The van der Waals surface area contributed by atoms with Crippen LogP contribution in [0.5, 0.6) is 0 Å². The first-order valence-corrected chi connectivity index (χ1v) is 7.31. The molecule has 3 nitrogen and oxygen atoms in total. The Balaban J connectivity index is 1.81. The molecule has 0 saturated heterocycles. The van der Waals surface area contributed by atoms with E-state index < -0.39 is 0 Å². The fraction of sp³-hybridized carbons (Fsp3) is 0.375. The third-order valence-corrected chi connectivity index (χ3v) is 3.73. The number of hydrogen-bond donors (Lipinski definition) is 0. The monoisotopic (exact) mass is 287 g/mol. The lowest BCUT2D eigenvalue weighted by Gasteiger charge is -2.19. The molecule has 0 atom stereocenters. The van der Waals surface area contributed by atoms with Gasteiger partial charge in [-0.05, 0) is 25.3 Å². The number of hydrogen-bond acceptors (Lipinski definition) is 3. The summed E-state index contributed by atoms with van der Waals surface area (Å²) in [7, 11) is 2.04. The first-order valence-electron chi connectivity index (χ1n) is 6.93. The number of anilines is 1. The van der Waals surface area contributed by atoms with Crippen molar-refractivity contribution in [3.63, 3.8) is 0 Å². The van der Waals surface area contributed by atoms with E-state index in [2.05, 4.69) is 46.1 Å². The van der Waals surface area contributed by atoms with E-state index in [0.29, 0.717) is 11.1 Å². The van der Waals surface area contributed by atoms with Crippen LogP contribution in [0.4, 0.5) is 5.82 Å². The number of benzene rings is 1. The summed E-state index contributed by atoms with van der Waals surface area (Å²) in [6.07, 6.45) is 2.36. The molecule has 1 saturated carbocycles. The summed E-state index contributed by atoms with van der Waals surface area (Å²) in [5.74, 6) is 2.30. The second-order valence-corrected chi connectivity index (χ2v) is 5.91. The second kappa shape index (κ2) is 5.41. The predicted molar refractivity (Wildman–Crippen MR) is 82.3 cm³/mol. The summed E-state index contributed by atoms with van der Waals surface area (Å²) >= 11 is 6.12. The minimum absolute atomic E-state index is 0.514. The van der Waals surface area contributed by atoms with E-state index in [1.807, 2.05) is 13.1 Å². The highest BCUT2D eigenvalue weighted by Crippen LogP contribution is 2.39. The van der Waals surface area contributed by atoms with Crippen LogP contribution in [0.25, 0.3) is 0 Å². The van der Waals surface area contributed by atoms with Gasteiger partial charge < -0.3 is 4.90 Å². The molecule has 0 bridgehead atoms. The topological polar surface area (TPSA) is 29.0 Å². The van der Waals surface area contributed by atoms with Crippen LogP contribution in [0.1, 0.15) is 35.7 Å². The number of aromatic nitrogens is 2. The zero-order valence-corrected chi connectivity index (χ0v) is 12.6. The summed E-state index contributed by atoms with van der Waals surface area (Å²) in [5, 5.41) is 0.535. The Morgan fingerprint density at radius 2 is 2.05 bits per heavy atom. The van der Waals surface area contributed by atoms with Gasteiger partial charge in [0.25, 0.3) is 0 Å². The maximum Gasteiger partial charge on any atom is 0.135 e. The highest BCUT2D eigenvalue weighted by molar-refractivity contribution is 6.29. The molecule has 4 heteroatoms. The van der Waals surface area contributed by atoms with Gasteiger partial charge in [-0.25, -0.2) is 9.97 Å². The molecule has 1 aliphatic rings. The van der Waals surface area contributed by atoms with Gasteiger partial charge in [0.05, 0.1) is 0 Å². The summed E-state index contributed by atoms with van der Waals surface area (Å²) < 4.78 is 0. The van der Waals surface area contributed by atoms with Crippen molar-refractivity contribution in [2.45, 2.75) is 32.2 Å². The van der Waals surface area contributed by atoms with E-state index in [4.69, 9.17) is 11.6 Å². The summed E-state index contributed by atoms with van der Waals surface area (Å²) in [6.45, 7) is 2.93. The Morgan fingerprint density at radius 1 is 1.25 bits per heavy atom. The van der Waals surface area contributed by atoms with Crippen LogP contribution in [0.3, 0.4) is 0 Å². The minimum atomic E-state index is 0.514. The lowest BCUT2D eigenvalue weighted by molar-refractivity contribution is 0.853. The minimum Gasteiger partial charge on any atom is -0.355 e. The third-order valence-electron chi connectivity index (χ3n) is 3.53. The van der Waals surface area contributed by atoms with Crippen molar-refractivity contribution in [1.82, 2.24) is 9.97 Å². The Labute approximate surface area is 124 Å². The molecule has 0 aliphatic heterocycles. The first-order chi connectivity index (χ1) is 9.61. The van der Waals surface area contributed by atoms with E-state index >= 15 is 0 Å². The zero-order valence-electron chi connectivity index (χ0n) is 11.8. The van der Waals surface area contributed by atoms with E-state index in [0.717, 1.165) is 18.2 Å². The van der Waals surface area contributed by atoms with Crippen LogP contribution in [0.15, 0.2) is 30.3 Å². The van der Waals surface area contributed by atoms with Crippen molar-refractivity contribution in [1.29, 1.82) is 0 Å². The van der Waals surface area contributed by atoms with Crippen LogP contribution in [0.2, 0.25) is 5.15 Å². The van der Waals surface area contributed by atoms with Gasteiger partial charge in [-0.2, -0.15) is 0 Å². The fourth-order valence-corrected chi connectivity index (χ4v) is 2.49. The second-order valence-electron chi connectivity index (χ2n) is 5.53. The summed E-state index contributed by atoms with van der Waals surface area (Å²) in [6, 6.07) is 10.4. The Morgan fingerprint density at radius 3 is 2.75 bits per heavy atom. The first kappa shape index (κ1) is 13.4. The Kier molecular flexibility index (Phi) is 3.62. The van der Waals surface area contributed by atoms with Gasteiger partial charge in [0.1, 0.15) is 16.8 Å². The van der Waals surface area contributed by atoms with Gasteiger partial charge in [-0.3, -0.25) is 0 Å². The van der Waals surface area contributed by atoms with Gasteiger partial charge in [0, 0.05) is 25.6 Å². The lowest BCUT2D eigenvalue weighted by Crippen LogP contribution is -2.18. The molecule has 20 heavy (non-hydrogen) atoms. The fourth-order valence-electron chi connectivity index (χ4n) is 2.31. The molecule has 0 N–H and O–H groups in total. The number of rotatable bonds is 4. The molecule has 1 aromatic carbocycles. The molecule has 1 aromatic heterocycles. The van der Waals surface area contributed by atoms with Crippen molar-refractivity contribution in [2.24, 2.45) is 0 Å².